The van der Waals surface area contributed by atoms with Crippen molar-refractivity contribution < 1.29 is 14.3 Å². The summed E-state index contributed by atoms with van der Waals surface area (Å²) in [5.41, 5.74) is 0.579. The molecule has 2 aliphatic rings. The van der Waals surface area contributed by atoms with E-state index in [1.54, 1.807) is 4.90 Å². The Balaban J connectivity index is 1.82. The lowest BCUT2D eigenvalue weighted by Crippen LogP contribution is -2.64. The smallest absolute Gasteiger partial charge is 0.410 e. The first kappa shape index (κ1) is 14.4. The van der Waals surface area contributed by atoms with Gasteiger partial charge in [-0.15, -0.1) is 0 Å². The first-order chi connectivity index (χ1) is 9.73. The molecular weight excluding hydrogens is 336 g/mol. The molecule has 6 heteroatoms. The van der Waals surface area contributed by atoms with Gasteiger partial charge in [-0.25, -0.2) is 4.79 Å². The van der Waals surface area contributed by atoms with Gasteiger partial charge in [0.05, 0.1) is 0 Å². The Hall–Kier alpha value is -1.56. The summed E-state index contributed by atoms with van der Waals surface area (Å²) in [7, 11) is 0. The van der Waals surface area contributed by atoms with Crippen LogP contribution >= 0.6 is 15.9 Å². The van der Waals surface area contributed by atoms with Crippen LogP contribution in [0.5, 0.6) is 0 Å². The van der Waals surface area contributed by atoms with Gasteiger partial charge in [0, 0.05) is 28.8 Å². The number of anilines is 1. The van der Waals surface area contributed by atoms with Crippen molar-refractivity contribution in [2.45, 2.75) is 31.8 Å². The fourth-order valence-electron chi connectivity index (χ4n) is 2.83. The second kappa shape index (κ2) is 4.47. The van der Waals surface area contributed by atoms with E-state index in [9.17, 15) is 9.59 Å². The van der Waals surface area contributed by atoms with Crippen molar-refractivity contribution in [3.63, 3.8) is 0 Å². The van der Waals surface area contributed by atoms with Crippen LogP contribution in [-0.2, 0) is 14.9 Å². The largest absolute Gasteiger partial charge is 0.444 e. The van der Waals surface area contributed by atoms with Crippen LogP contribution in [0.2, 0.25) is 0 Å². The number of carbonyl (C=O) groups excluding carboxylic acids is 2. The number of amides is 2. The van der Waals surface area contributed by atoms with E-state index in [0.29, 0.717) is 13.1 Å². The fraction of sp³-hybridized carbons (Fsp3) is 0.467. The number of benzene rings is 1. The summed E-state index contributed by atoms with van der Waals surface area (Å²) < 4.78 is 6.23. The number of likely N-dealkylation sites (tertiary alicyclic amines) is 1. The standard InChI is InChI=1S/C15H17BrN2O3/c1-14(2,3)21-13(20)18-7-15(8-18)11-9(16)5-4-6-10(11)17-12(15)19/h4-6H,7-8H2,1-3H3,(H,17,19). The van der Waals surface area contributed by atoms with Crippen LogP contribution in [0, 0.1) is 0 Å². The van der Waals surface area contributed by atoms with Gasteiger partial charge in [0.1, 0.15) is 11.0 Å². The minimum atomic E-state index is -0.646. The zero-order valence-corrected chi connectivity index (χ0v) is 13.8. The van der Waals surface area contributed by atoms with Gasteiger partial charge in [-0.1, -0.05) is 22.0 Å². The highest BCUT2D eigenvalue weighted by Crippen LogP contribution is 2.47. The number of hydrogen-bond acceptors (Lipinski definition) is 3. The zero-order chi connectivity index (χ0) is 15.4. The molecule has 1 saturated heterocycles. The van der Waals surface area contributed by atoms with Crippen molar-refractivity contribution in [2.75, 3.05) is 18.4 Å². The Labute approximate surface area is 131 Å². The lowest BCUT2D eigenvalue weighted by molar-refractivity contribution is -0.126. The molecule has 5 nitrogen and oxygen atoms in total. The predicted octanol–water partition coefficient (Wildman–Crippen LogP) is 2.89. The number of carbonyl (C=O) groups is 2. The maximum atomic E-state index is 12.3. The van der Waals surface area contributed by atoms with Crippen molar-refractivity contribution in [1.29, 1.82) is 0 Å². The summed E-state index contributed by atoms with van der Waals surface area (Å²) >= 11 is 3.50. The van der Waals surface area contributed by atoms with Gasteiger partial charge in [-0.2, -0.15) is 0 Å². The second-order valence-corrected chi connectivity index (χ2v) is 7.39. The SMILES string of the molecule is CC(C)(C)OC(=O)N1CC2(C1)C(=O)Nc1cccc(Br)c12. The van der Waals surface area contributed by atoms with E-state index in [1.807, 2.05) is 39.0 Å². The van der Waals surface area contributed by atoms with E-state index in [2.05, 4.69) is 21.2 Å². The summed E-state index contributed by atoms with van der Waals surface area (Å²) in [5.74, 6) is -0.0517. The van der Waals surface area contributed by atoms with E-state index in [1.165, 1.54) is 0 Å². The molecular formula is C15H17BrN2O3. The number of nitrogens with zero attached hydrogens (tertiary/aromatic N) is 1. The Kier molecular flexibility index (Phi) is 3.06. The van der Waals surface area contributed by atoms with Crippen LogP contribution in [0.4, 0.5) is 10.5 Å². The first-order valence-corrected chi connectivity index (χ1v) is 7.61. The van der Waals surface area contributed by atoms with Crippen molar-refractivity contribution in [3.05, 3.63) is 28.2 Å². The van der Waals surface area contributed by atoms with Crippen LogP contribution in [0.15, 0.2) is 22.7 Å². The molecule has 21 heavy (non-hydrogen) atoms. The topological polar surface area (TPSA) is 58.6 Å². The van der Waals surface area contributed by atoms with Crippen molar-refractivity contribution >= 4 is 33.6 Å². The number of rotatable bonds is 0. The summed E-state index contributed by atoms with van der Waals surface area (Å²) in [6.45, 7) is 6.19. The van der Waals surface area contributed by atoms with Crippen LogP contribution in [0.1, 0.15) is 26.3 Å². The van der Waals surface area contributed by atoms with E-state index >= 15 is 0 Å². The zero-order valence-electron chi connectivity index (χ0n) is 12.2. The molecule has 3 rings (SSSR count). The molecule has 112 valence electrons. The van der Waals surface area contributed by atoms with Crippen LogP contribution in [0.3, 0.4) is 0 Å². The van der Waals surface area contributed by atoms with Gasteiger partial charge < -0.3 is 15.0 Å². The molecule has 0 aromatic heterocycles. The van der Waals surface area contributed by atoms with E-state index < -0.39 is 11.0 Å². The molecule has 0 unspecified atom stereocenters. The molecule has 1 aromatic carbocycles. The Morgan fingerprint density at radius 2 is 2.05 bits per heavy atom. The summed E-state index contributed by atoms with van der Waals surface area (Å²) in [6.07, 6.45) is -0.374. The van der Waals surface area contributed by atoms with Gasteiger partial charge in [0.2, 0.25) is 5.91 Å². The number of ether oxygens (including phenoxy) is 1. The fourth-order valence-corrected chi connectivity index (χ4v) is 3.58. The molecule has 2 aliphatic heterocycles. The summed E-state index contributed by atoms with van der Waals surface area (Å²) in [5, 5.41) is 2.89. The lowest BCUT2D eigenvalue weighted by atomic mass is 9.75. The highest BCUT2D eigenvalue weighted by molar-refractivity contribution is 9.10. The second-order valence-electron chi connectivity index (χ2n) is 6.54. The van der Waals surface area contributed by atoms with E-state index in [4.69, 9.17) is 4.74 Å². The van der Waals surface area contributed by atoms with Gasteiger partial charge in [0.25, 0.3) is 0 Å². The normalized spacial score (nSPS) is 19.0. The first-order valence-electron chi connectivity index (χ1n) is 6.81. The third-order valence-electron chi connectivity index (χ3n) is 3.75. The highest BCUT2D eigenvalue weighted by atomic mass is 79.9. The van der Waals surface area contributed by atoms with Gasteiger partial charge in [-0.3, -0.25) is 4.79 Å². The highest BCUT2D eigenvalue weighted by Gasteiger charge is 2.58. The van der Waals surface area contributed by atoms with Crippen molar-refractivity contribution in [1.82, 2.24) is 4.90 Å². The molecule has 1 spiro atoms. The van der Waals surface area contributed by atoms with E-state index in [0.717, 1.165) is 15.7 Å². The number of hydrogen-bond donors (Lipinski definition) is 1. The maximum Gasteiger partial charge on any atom is 0.410 e. The van der Waals surface area contributed by atoms with Crippen LogP contribution in [0.25, 0.3) is 0 Å². The van der Waals surface area contributed by atoms with Crippen LogP contribution in [-0.4, -0.2) is 35.6 Å². The molecule has 1 fully saturated rings. The molecule has 0 aliphatic carbocycles. The minimum absolute atomic E-state index is 0.0517. The average molecular weight is 353 g/mol. The Bertz CT molecular complexity index is 630. The molecule has 2 amide bonds. The van der Waals surface area contributed by atoms with E-state index in [-0.39, 0.29) is 12.0 Å². The van der Waals surface area contributed by atoms with Gasteiger partial charge in [-0.05, 0) is 32.9 Å². The third kappa shape index (κ3) is 2.21. The molecule has 1 N–H and O–H groups in total. The maximum absolute atomic E-state index is 12.3. The average Bonchev–Trinajstić information content (AvgIpc) is 2.58. The monoisotopic (exact) mass is 352 g/mol. The number of fused-ring (bicyclic) bond motifs is 2. The lowest BCUT2D eigenvalue weighted by Gasteiger charge is -2.46. The summed E-state index contributed by atoms with van der Waals surface area (Å²) in [4.78, 5) is 25.9. The molecule has 0 atom stereocenters. The molecule has 0 bridgehead atoms. The molecule has 0 radical (unpaired) electrons. The Morgan fingerprint density at radius 3 is 2.67 bits per heavy atom. The minimum Gasteiger partial charge on any atom is -0.444 e. The quantitative estimate of drug-likeness (QED) is 0.780. The summed E-state index contributed by atoms with van der Waals surface area (Å²) in [6, 6.07) is 5.67. The van der Waals surface area contributed by atoms with Crippen LogP contribution < -0.4 is 5.32 Å². The van der Waals surface area contributed by atoms with Crippen molar-refractivity contribution in [2.24, 2.45) is 0 Å². The molecule has 1 aromatic rings. The van der Waals surface area contributed by atoms with Gasteiger partial charge >= 0.3 is 6.09 Å². The van der Waals surface area contributed by atoms with Crippen molar-refractivity contribution in [3.8, 4) is 0 Å². The molecule has 2 heterocycles. The predicted molar refractivity (Wildman–Crippen MR) is 82.3 cm³/mol. The third-order valence-corrected chi connectivity index (χ3v) is 4.41. The number of halogens is 1. The number of nitrogens with one attached hydrogen (secondary N) is 1. The Morgan fingerprint density at radius 1 is 1.38 bits per heavy atom. The van der Waals surface area contributed by atoms with Gasteiger partial charge in [0.15, 0.2) is 0 Å². The molecule has 0 saturated carbocycles.